The van der Waals surface area contributed by atoms with Crippen molar-refractivity contribution in [2.75, 3.05) is 13.7 Å². The number of methoxy groups -OCH3 is 1. The summed E-state index contributed by atoms with van der Waals surface area (Å²) in [4.78, 5) is 25.8. The molecule has 24 heavy (non-hydrogen) atoms. The Labute approximate surface area is 143 Å². The summed E-state index contributed by atoms with van der Waals surface area (Å²) in [5, 5.41) is 4.77. The third kappa shape index (κ3) is 3.13. The van der Waals surface area contributed by atoms with E-state index in [-0.39, 0.29) is 12.0 Å². The lowest BCUT2D eigenvalue weighted by atomic mass is 10.2. The van der Waals surface area contributed by atoms with E-state index < -0.39 is 11.9 Å². The molecule has 2 heterocycles. The van der Waals surface area contributed by atoms with Gasteiger partial charge in [-0.2, -0.15) is 5.10 Å². The summed E-state index contributed by atoms with van der Waals surface area (Å²) >= 11 is 5.97. The van der Waals surface area contributed by atoms with Crippen LogP contribution in [0.3, 0.4) is 0 Å². The van der Waals surface area contributed by atoms with E-state index in [1.807, 2.05) is 6.07 Å². The van der Waals surface area contributed by atoms with Gasteiger partial charge in [0.1, 0.15) is 6.04 Å². The summed E-state index contributed by atoms with van der Waals surface area (Å²) < 4.78 is 6.82. The van der Waals surface area contributed by atoms with Crippen molar-refractivity contribution in [3.05, 3.63) is 47.2 Å². The number of carbonyl (C=O) groups is 2. The molecule has 0 saturated carbocycles. The molecule has 2 amide bonds. The average molecular weight is 349 g/mol. The molecule has 0 bridgehead atoms. The number of rotatable bonds is 4. The third-order valence-corrected chi connectivity index (χ3v) is 4.32. The third-order valence-electron chi connectivity index (χ3n) is 4.09. The van der Waals surface area contributed by atoms with E-state index in [1.54, 1.807) is 36.2 Å². The Kier molecular flexibility index (Phi) is 4.55. The molecular weight excluding hydrogens is 332 g/mol. The first-order chi connectivity index (χ1) is 11.5. The van der Waals surface area contributed by atoms with Crippen LogP contribution < -0.4 is 5.73 Å². The fraction of sp³-hybridized carbons (Fsp3) is 0.312. The Morgan fingerprint density at radius 2 is 2.21 bits per heavy atom. The fourth-order valence-corrected chi connectivity index (χ4v) is 3.01. The molecule has 1 aromatic carbocycles. The van der Waals surface area contributed by atoms with Gasteiger partial charge < -0.3 is 15.4 Å². The van der Waals surface area contributed by atoms with E-state index in [0.29, 0.717) is 23.6 Å². The van der Waals surface area contributed by atoms with Crippen molar-refractivity contribution >= 4 is 23.4 Å². The van der Waals surface area contributed by atoms with Crippen LogP contribution in [0, 0.1) is 0 Å². The first kappa shape index (κ1) is 16.5. The zero-order valence-electron chi connectivity index (χ0n) is 13.1. The van der Waals surface area contributed by atoms with E-state index in [1.165, 1.54) is 11.1 Å². The van der Waals surface area contributed by atoms with E-state index in [0.717, 1.165) is 5.69 Å². The zero-order valence-corrected chi connectivity index (χ0v) is 13.8. The molecule has 2 aromatic rings. The SMILES string of the molecule is CO[C@H]1C[C@@H](C(N)=O)N(C(=O)c2cnn(-c3cccc(Cl)c3)c2)C1. The number of nitrogens with zero attached hydrogens (tertiary/aromatic N) is 3. The summed E-state index contributed by atoms with van der Waals surface area (Å²) in [5.41, 5.74) is 6.52. The molecule has 1 fully saturated rings. The molecule has 1 saturated heterocycles. The highest BCUT2D eigenvalue weighted by molar-refractivity contribution is 6.30. The number of hydrogen-bond acceptors (Lipinski definition) is 4. The maximum Gasteiger partial charge on any atom is 0.257 e. The summed E-state index contributed by atoms with van der Waals surface area (Å²) in [6, 6.07) is 6.46. The molecule has 0 radical (unpaired) electrons. The number of halogens is 1. The number of primary amides is 1. The minimum atomic E-state index is -0.669. The lowest BCUT2D eigenvalue weighted by Crippen LogP contribution is -2.43. The Bertz CT molecular complexity index is 776. The quantitative estimate of drug-likeness (QED) is 0.900. The molecule has 0 spiro atoms. The highest BCUT2D eigenvalue weighted by atomic mass is 35.5. The number of hydrogen-bond donors (Lipinski definition) is 1. The molecule has 1 aliphatic heterocycles. The largest absolute Gasteiger partial charge is 0.380 e. The summed E-state index contributed by atoms with van der Waals surface area (Å²) in [6.45, 7) is 0.325. The van der Waals surface area contributed by atoms with Crippen LogP contribution in [0.2, 0.25) is 5.02 Å². The highest BCUT2D eigenvalue weighted by Gasteiger charge is 2.39. The van der Waals surface area contributed by atoms with Crippen LogP contribution in [0.5, 0.6) is 0 Å². The Morgan fingerprint density at radius 3 is 2.88 bits per heavy atom. The van der Waals surface area contributed by atoms with Crippen molar-refractivity contribution in [3.63, 3.8) is 0 Å². The average Bonchev–Trinajstić information content (AvgIpc) is 3.21. The van der Waals surface area contributed by atoms with Gasteiger partial charge in [0, 0.05) is 31.3 Å². The number of nitrogens with two attached hydrogens (primary N) is 1. The highest BCUT2D eigenvalue weighted by Crippen LogP contribution is 2.23. The second-order valence-electron chi connectivity index (χ2n) is 5.62. The molecule has 7 nitrogen and oxygen atoms in total. The van der Waals surface area contributed by atoms with Gasteiger partial charge >= 0.3 is 0 Å². The molecule has 2 N–H and O–H groups in total. The van der Waals surface area contributed by atoms with E-state index in [9.17, 15) is 9.59 Å². The second-order valence-corrected chi connectivity index (χ2v) is 6.06. The van der Waals surface area contributed by atoms with Crippen LogP contribution >= 0.6 is 11.6 Å². The lowest BCUT2D eigenvalue weighted by molar-refractivity contribution is -0.121. The number of aromatic nitrogens is 2. The molecule has 126 valence electrons. The van der Waals surface area contributed by atoms with E-state index in [4.69, 9.17) is 22.1 Å². The van der Waals surface area contributed by atoms with E-state index in [2.05, 4.69) is 5.10 Å². The summed E-state index contributed by atoms with van der Waals surface area (Å²) in [7, 11) is 1.55. The first-order valence-corrected chi connectivity index (χ1v) is 7.81. The van der Waals surface area contributed by atoms with Crippen LogP contribution in [0.25, 0.3) is 5.69 Å². The van der Waals surface area contributed by atoms with Crippen molar-refractivity contribution in [2.24, 2.45) is 5.73 Å². The molecule has 0 aliphatic carbocycles. The number of likely N-dealkylation sites (tertiary alicyclic amines) is 1. The molecule has 3 rings (SSSR count). The van der Waals surface area contributed by atoms with Gasteiger partial charge in [0.15, 0.2) is 0 Å². The van der Waals surface area contributed by atoms with Gasteiger partial charge in [-0.25, -0.2) is 4.68 Å². The molecule has 1 aliphatic rings. The maximum absolute atomic E-state index is 12.7. The standard InChI is InChI=1S/C16H17ClN4O3/c1-24-13-6-14(15(18)22)20(9-13)16(23)10-7-19-21(8-10)12-4-2-3-11(17)5-12/h2-5,7-8,13-14H,6,9H2,1H3,(H2,18,22)/t13-,14-/m0/s1. The van der Waals surface area contributed by atoms with Crippen LogP contribution in [0.4, 0.5) is 0 Å². The van der Waals surface area contributed by atoms with Crippen molar-refractivity contribution in [1.29, 1.82) is 0 Å². The predicted octanol–water partition coefficient (Wildman–Crippen LogP) is 1.24. The lowest BCUT2D eigenvalue weighted by Gasteiger charge is -2.21. The van der Waals surface area contributed by atoms with Crippen molar-refractivity contribution < 1.29 is 14.3 Å². The normalized spacial score (nSPS) is 20.3. The summed E-state index contributed by atoms with van der Waals surface area (Å²) in [6.07, 6.45) is 3.27. The summed E-state index contributed by atoms with van der Waals surface area (Å²) in [5.74, 6) is -0.836. The van der Waals surface area contributed by atoms with Gasteiger partial charge in [0.2, 0.25) is 5.91 Å². The smallest absolute Gasteiger partial charge is 0.257 e. The first-order valence-electron chi connectivity index (χ1n) is 7.43. The van der Waals surface area contributed by atoms with Gasteiger partial charge in [-0.05, 0) is 18.2 Å². The zero-order chi connectivity index (χ0) is 17.3. The van der Waals surface area contributed by atoms with Crippen molar-refractivity contribution in [2.45, 2.75) is 18.6 Å². The van der Waals surface area contributed by atoms with Crippen LogP contribution in [-0.4, -0.2) is 52.3 Å². The van der Waals surface area contributed by atoms with Crippen molar-refractivity contribution in [1.82, 2.24) is 14.7 Å². The topological polar surface area (TPSA) is 90.4 Å². The fourth-order valence-electron chi connectivity index (χ4n) is 2.82. The van der Waals surface area contributed by atoms with Crippen LogP contribution in [0.15, 0.2) is 36.7 Å². The Hall–Kier alpha value is -2.38. The molecule has 2 atom stereocenters. The monoisotopic (exact) mass is 348 g/mol. The van der Waals surface area contributed by atoms with Gasteiger partial charge in [-0.15, -0.1) is 0 Å². The van der Waals surface area contributed by atoms with Gasteiger partial charge in [-0.3, -0.25) is 9.59 Å². The Morgan fingerprint density at radius 1 is 1.42 bits per heavy atom. The van der Waals surface area contributed by atoms with Gasteiger partial charge in [0.25, 0.3) is 5.91 Å². The predicted molar refractivity (Wildman–Crippen MR) is 88.0 cm³/mol. The number of benzene rings is 1. The Balaban J connectivity index is 1.84. The number of ether oxygens (including phenoxy) is 1. The van der Waals surface area contributed by atoms with Gasteiger partial charge in [-0.1, -0.05) is 17.7 Å². The molecular formula is C16H17ClN4O3. The van der Waals surface area contributed by atoms with E-state index >= 15 is 0 Å². The molecule has 1 aromatic heterocycles. The van der Waals surface area contributed by atoms with Crippen LogP contribution in [-0.2, 0) is 9.53 Å². The van der Waals surface area contributed by atoms with Gasteiger partial charge in [0.05, 0.1) is 23.6 Å². The minimum absolute atomic E-state index is 0.200. The maximum atomic E-state index is 12.7. The molecule has 0 unspecified atom stereocenters. The molecule has 8 heteroatoms. The van der Waals surface area contributed by atoms with Crippen molar-refractivity contribution in [3.8, 4) is 5.69 Å². The number of carbonyl (C=O) groups excluding carboxylic acids is 2. The van der Waals surface area contributed by atoms with Crippen LogP contribution in [0.1, 0.15) is 16.8 Å². The second kappa shape index (κ2) is 6.62. The number of amides is 2. The minimum Gasteiger partial charge on any atom is -0.380 e.